The van der Waals surface area contributed by atoms with Gasteiger partial charge in [0, 0.05) is 35.8 Å². The largest absolute Gasteiger partial charge is 0.227 e. The molecule has 0 aliphatic rings. The Bertz CT molecular complexity index is 3060. The molecule has 4 heteroatoms. The molecular weight excluding hydrogens is 717 g/mol. The molecule has 0 saturated carbocycles. The Morgan fingerprint density at radius 3 is 1.84 bits per heavy atom. The number of thiophene rings is 2. The summed E-state index contributed by atoms with van der Waals surface area (Å²) in [6, 6.07) is 59.1. The molecule has 0 bridgehead atoms. The Morgan fingerprint density at radius 1 is 0.482 bits per heavy atom. The van der Waals surface area contributed by atoms with Crippen LogP contribution in [0.15, 0.2) is 183 Å². The highest BCUT2D eigenvalue weighted by molar-refractivity contribution is 7.26. The zero-order chi connectivity index (χ0) is 37.6. The van der Waals surface area contributed by atoms with Crippen LogP contribution in [-0.2, 0) is 0 Å². The van der Waals surface area contributed by atoms with E-state index in [1.807, 2.05) is 17.4 Å². The fraction of sp³-hybridized carbons (Fsp3) is 0.0385. The van der Waals surface area contributed by atoms with E-state index in [2.05, 4.69) is 177 Å². The van der Waals surface area contributed by atoms with Crippen LogP contribution in [0, 0.1) is 0 Å². The molecule has 10 rings (SSSR count). The van der Waals surface area contributed by atoms with E-state index in [4.69, 9.17) is 9.97 Å². The van der Waals surface area contributed by atoms with Crippen molar-refractivity contribution >= 4 is 68.7 Å². The first-order valence-corrected chi connectivity index (χ1v) is 20.6. The van der Waals surface area contributed by atoms with Crippen molar-refractivity contribution in [1.29, 1.82) is 0 Å². The summed E-state index contributed by atoms with van der Waals surface area (Å²) in [5.41, 5.74) is 13.6. The van der Waals surface area contributed by atoms with Crippen molar-refractivity contribution in [1.82, 2.24) is 9.97 Å². The second-order valence-electron chi connectivity index (χ2n) is 14.2. The van der Waals surface area contributed by atoms with Gasteiger partial charge in [-0.3, -0.25) is 0 Å². The fourth-order valence-electron chi connectivity index (χ4n) is 7.77. The molecule has 0 radical (unpaired) electrons. The summed E-state index contributed by atoms with van der Waals surface area (Å²) in [7, 11) is 0. The molecular formula is C52H36N2S2. The van der Waals surface area contributed by atoms with E-state index in [-0.39, 0.29) is 0 Å². The van der Waals surface area contributed by atoms with E-state index in [0.29, 0.717) is 0 Å². The summed E-state index contributed by atoms with van der Waals surface area (Å²) in [6.07, 6.45) is 3.61. The third-order valence-corrected chi connectivity index (χ3v) is 13.0. The van der Waals surface area contributed by atoms with Crippen molar-refractivity contribution in [2.45, 2.75) is 12.8 Å². The molecule has 3 aromatic heterocycles. The average Bonchev–Trinajstić information content (AvgIpc) is 3.84. The molecule has 0 amide bonds. The predicted molar refractivity (Wildman–Crippen MR) is 243 cm³/mol. The number of aromatic nitrogens is 2. The highest BCUT2D eigenvalue weighted by Crippen LogP contribution is 2.43. The van der Waals surface area contributed by atoms with Gasteiger partial charge in [0.2, 0.25) is 0 Å². The maximum atomic E-state index is 5.22. The third kappa shape index (κ3) is 6.14. The van der Waals surface area contributed by atoms with Crippen molar-refractivity contribution in [3.63, 3.8) is 0 Å². The maximum Gasteiger partial charge on any atom is 0.160 e. The maximum absolute atomic E-state index is 5.22. The summed E-state index contributed by atoms with van der Waals surface area (Å²) in [5, 5.41) is 3.70. The van der Waals surface area contributed by atoms with Gasteiger partial charge in [0.1, 0.15) is 0 Å². The Labute approximate surface area is 334 Å². The van der Waals surface area contributed by atoms with Crippen LogP contribution in [0.1, 0.15) is 18.5 Å². The molecule has 7 aromatic carbocycles. The predicted octanol–water partition coefficient (Wildman–Crippen LogP) is 15.5. The van der Waals surface area contributed by atoms with Crippen molar-refractivity contribution in [3.05, 3.63) is 189 Å². The van der Waals surface area contributed by atoms with Crippen molar-refractivity contribution in [3.8, 4) is 55.9 Å². The van der Waals surface area contributed by atoms with Crippen molar-refractivity contribution < 1.29 is 0 Å². The van der Waals surface area contributed by atoms with E-state index in [0.717, 1.165) is 56.7 Å². The lowest BCUT2D eigenvalue weighted by Gasteiger charge is -2.11. The molecule has 0 unspecified atom stereocenters. The van der Waals surface area contributed by atoms with Crippen LogP contribution >= 0.6 is 22.7 Å². The zero-order valence-electron chi connectivity index (χ0n) is 30.7. The number of allylic oxidation sites excluding steroid dienone is 2. The summed E-state index contributed by atoms with van der Waals surface area (Å²) >= 11 is 3.61. The number of hydrogen-bond acceptors (Lipinski definition) is 4. The molecule has 3 heterocycles. The molecule has 0 spiro atoms. The first-order chi connectivity index (χ1) is 27.6. The monoisotopic (exact) mass is 752 g/mol. The normalized spacial score (nSPS) is 11.5. The lowest BCUT2D eigenvalue weighted by atomic mass is 9.93. The second-order valence-corrected chi connectivity index (χ2v) is 16.3. The van der Waals surface area contributed by atoms with Gasteiger partial charge < -0.3 is 0 Å². The minimum atomic E-state index is 0.721. The fourth-order valence-corrected chi connectivity index (χ4v) is 10.2. The van der Waals surface area contributed by atoms with Crippen LogP contribution in [-0.4, -0.2) is 9.97 Å². The molecule has 0 fully saturated rings. The van der Waals surface area contributed by atoms with E-state index >= 15 is 0 Å². The van der Waals surface area contributed by atoms with E-state index in [9.17, 15) is 0 Å². The van der Waals surface area contributed by atoms with Gasteiger partial charge in [0.25, 0.3) is 0 Å². The molecule has 56 heavy (non-hydrogen) atoms. The summed E-state index contributed by atoms with van der Waals surface area (Å²) in [6.45, 7) is 8.41. The average molecular weight is 753 g/mol. The molecule has 0 atom stereocenters. The van der Waals surface area contributed by atoms with Crippen LogP contribution in [0.4, 0.5) is 0 Å². The number of benzene rings is 7. The lowest BCUT2D eigenvalue weighted by molar-refractivity contribution is 1.06. The molecule has 0 N–H and O–H groups in total. The van der Waals surface area contributed by atoms with Gasteiger partial charge in [-0.1, -0.05) is 140 Å². The Balaban J connectivity index is 1.08. The van der Waals surface area contributed by atoms with E-state index in [1.54, 1.807) is 11.3 Å². The number of rotatable bonds is 9. The highest BCUT2D eigenvalue weighted by Gasteiger charge is 2.18. The van der Waals surface area contributed by atoms with Crippen LogP contribution in [0.5, 0.6) is 0 Å². The van der Waals surface area contributed by atoms with Gasteiger partial charge >= 0.3 is 0 Å². The van der Waals surface area contributed by atoms with Gasteiger partial charge in [-0.05, 0) is 99.3 Å². The minimum absolute atomic E-state index is 0.721. The van der Waals surface area contributed by atoms with Gasteiger partial charge in [-0.25, -0.2) is 9.97 Å². The van der Waals surface area contributed by atoms with Crippen LogP contribution in [0.2, 0.25) is 0 Å². The van der Waals surface area contributed by atoms with Gasteiger partial charge in [0.05, 0.1) is 15.9 Å². The smallest absolute Gasteiger partial charge is 0.160 e. The number of fused-ring (bicyclic) bond motifs is 6. The second kappa shape index (κ2) is 14.3. The topological polar surface area (TPSA) is 25.8 Å². The minimum Gasteiger partial charge on any atom is -0.227 e. The molecule has 0 aliphatic carbocycles. The first-order valence-electron chi connectivity index (χ1n) is 18.9. The van der Waals surface area contributed by atoms with Crippen LogP contribution in [0.25, 0.3) is 102 Å². The number of hydrogen-bond donors (Lipinski definition) is 0. The van der Waals surface area contributed by atoms with Gasteiger partial charge in [-0.15, -0.1) is 29.3 Å². The van der Waals surface area contributed by atoms with Crippen molar-refractivity contribution in [2.75, 3.05) is 0 Å². The highest BCUT2D eigenvalue weighted by atomic mass is 32.1. The molecule has 2 nitrogen and oxygen atoms in total. The number of nitrogens with zero attached hydrogens (tertiary/aromatic N) is 2. The SMILES string of the molecule is C=CCCC(=C)c1nc(-c2cccc(-c3cccc4c3sc3cc(-c5cc(-c6ccccc6)cc(-c6ccccc6)c5)ccc34)c2)nc2c1sc1ccccc12. The van der Waals surface area contributed by atoms with Crippen LogP contribution in [0.3, 0.4) is 0 Å². The van der Waals surface area contributed by atoms with Crippen molar-refractivity contribution in [2.24, 2.45) is 0 Å². The quantitative estimate of drug-likeness (QED) is 0.137. The Hall–Kier alpha value is -6.46. The van der Waals surface area contributed by atoms with Gasteiger partial charge in [0.15, 0.2) is 5.82 Å². The Kier molecular flexibility index (Phi) is 8.71. The third-order valence-electron chi connectivity index (χ3n) is 10.6. The summed E-state index contributed by atoms with van der Waals surface area (Å²) in [5.74, 6) is 0.721. The molecule has 0 saturated heterocycles. The summed E-state index contributed by atoms with van der Waals surface area (Å²) in [4.78, 5) is 10.4. The zero-order valence-corrected chi connectivity index (χ0v) is 32.3. The first kappa shape index (κ1) is 34.1. The molecule has 266 valence electrons. The van der Waals surface area contributed by atoms with Crippen LogP contribution < -0.4 is 0 Å². The lowest BCUT2D eigenvalue weighted by Crippen LogP contribution is -1.96. The molecule has 10 aromatic rings. The standard InChI is InChI=1S/C52H36N2S2/c1-3-4-15-33(2)48-51-49(45-22-11-12-25-46(45)55-51)54-52(53-48)38-21-13-20-37(28-38)42-23-14-24-44-43-27-26-36(32-47(43)56-50(42)44)41-30-39(34-16-7-5-8-17-34)29-40(31-41)35-18-9-6-10-19-35/h3,5-14,16-32H,1-2,4,15H2. The summed E-state index contributed by atoms with van der Waals surface area (Å²) < 4.78 is 4.85. The Morgan fingerprint density at radius 2 is 1.09 bits per heavy atom. The van der Waals surface area contributed by atoms with Gasteiger partial charge in [-0.2, -0.15) is 0 Å². The van der Waals surface area contributed by atoms with E-state index < -0.39 is 0 Å². The van der Waals surface area contributed by atoms with E-state index in [1.165, 1.54) is 63.8 Å². The molecule has 0 aliphatic heterocycles.